The Balaban J connectivity index is 2.09. The maximum Gasteiger partial charge on any atom is 0.338 e. The topological polar surface area (TPSA) is 85.3 Å². The first-order chi connectivity index (χ1) is 13.0. The summed E-state index contributed by atoms with van der Waals surface area (Å²) in [5, 5.41) is 0.582. The number of amidine groups is 1. The molecule has 2 aliphatic heterocycles. The molecule has 8 heteroatoms. The van der Waals surface area contributed by atoms with E-state index in [0.29, 0.717) is 39.7 Å². The molecule has 0 aliphatic carbocycles. The van der Waals surface area contributed by atoms with E-state index < -0.39 is 18.0 Å². The number of esters is 2. The minimum atomic E-state index is -0.636. The number of methoxy groups -OCH3 is 1. The number of aliphatic imine (C=N–C) groups is 1. The maximum atomic E-state index is 12.6. The van der Waals surface area contributed by atoms with Crippen LogP contribution in [0, 0.1) is 0 Å². The first-order valence-corrected chi connectivity index (χ1v) is 9.56. The monoisotopic (exact) mass is 388 g/mol. The molecule has 0 unspecified atom stereocenters. The summed E-state index contributed by atoms with van der Waals surface area (Å²) in [6, 6.07) is 6.04. The highest BCUT2D eigenvalue weighted by Gasteiger charge is 2.41. The van der Waals surface area contributed by atoms with E-state index in [4.69, 9.17) is 9.47 Å². The van der Waals surface area contributed by atoms with Crippen molar-refractivity contribution in [1.82, 2.24) is 4.90 Å². The molecule has 1 aromatic carbocycles. The average Bonchev–Trinajstić information content (AvgIpc) is 2.66. The summed E-state index contributed by atoms with van der Waals surface area (Å²) in [7, 11) is 1.31. The van der Waals surface area contributed by atoms with Gasteiger partial charge in [-0.2, -0.15) is 0 Å². The standard InChI is InChI=1S/C19H20N2O5S/c1-4-26-18(24)15-11(2)20-19-21(14(22)9-10-27-19)16(15)12-5-7-13(8-6-12)17(23)25-3/h5-8,16H,4,9-10H2,1-3H3/t16-/m0/s1. The third kappa shape index (κ3) is 3.62. The number of benzene rings is 1. The molecule has 27 heavy (non-hydrogen) atoms. The quantitative estimate of drug-likeness (QED) is 0.737. The van der Waals surface area contributed by atoms with Gasteiger partial charge in [0.1, 0.15) is 0 Å². The first-order valence-electron chi connectivity index (χ1n) is 8.57. The smallest absolute Gasteiger partial charge is 0.338 e. The number of fused-ring (bicyclic) bond motifs is 1. The normalized spacial score (nSPS) is 19.4. The number of nitrogens with zero attached hydrogens (tertiary/aromatic N) is 2. The molecule has 1 aromatic rings. The predicted molar refractivity (Wildman–Crippen MR) is 101 cm³/mol. The van der Waals surface area contributed by atoms with Crippen LogP contribution in [0.1, 0.15) is 42.2 Å². The van der Waals surface area contributed by atoms with Crippen molar-refractivity contribution in [2.24, 2.45) is 4.99 Å². The zero-order valence-electron chi connectivity index (χ0n) is 15.4. The van der Waals surface area contributed by atoms with Crippen LogP contribution in [0.5, 0.6) is 0 Å². The maximum absolute atomic E-state index is 12.6. The Labute approximate surface area is 161 Å². The van der Waals surface area contributed by atoms with Gasteiger partial charge in [0.15, 0.2) is 5.17 Å². The van der Waals surface area contributed by atoms with Gasteiger partial charge < -0.3 is 9.47 Å². The summed E-state index contributed by atoms with van der Waals surface area (Å²) in [6.07, 6.45) is 0.371. The average molecular weight is 388 g/mol. The lowest BCUT2D eigenvalue weighted by Gasteiger charge is -2.38. The molecule has 0 spiro atoms. The van der Waals surface area contributed by atoms with Gasteiger partial charge in [0, 0.05) is 12.2 Å². The van der Waals surface area contributed by atoms with Crippen molar-refractivity contribution in [3.8, 4) is 0 Å². The number of ether oxygens (including phenoxy) is 2. The molecule has 0 aromatic heterocycles. The Morgan fingerprint density at radius 2 is 1.96 bits per heavy atom. The van der Waals surface area contributed by atoms with E-state index in [1.165, 1.54) is 18.9 Å². The first kappa shape index (κ1) is 19.2. The van der Waals surface area contributed by atoms with Crippen LogP contribution in [0.4, 0.5) is 0 Å². The second-order valence-electron chi connectivity index (χ2n) is 5.99. The van der Waals surface area contributed by atoms with Crippen LogP contribution < -0.4 is 0 Å². The van der Waals surface area contributed by atoms with Crippen LogP contribution in [0.3, 0.4) is 0 Å². The molecule has 1 amide bonds. The number of hydrogen-bond donors (Lipinski definition) is 0. The highest BCUT2D eigenvalue weighted by Crippen LogP contribution is 2.40. The van der Waals surface area contributed by atoms with Crippen molar-refractivity contribution >= 4 is 34.8 Å². The van der Waals surface area contributed by atoms with E-state index >= 15 is 0 Å². The summed E-state index contributed by atoms with van der Waals surface area (Å²) in [5.41, 5.74) is 1.96. The molecule has 0 saturated carbocycles. The van der Waals surface area contributed by atoms with E-state index in [0.717, 1.165) is 0 Å². The number of carbonyl (C=O) groups is 3. The van der Waals surface area contributed by atoms with Gasteiger partial charge in [-0.1, -0.05) is 23.9 Å². The summed E-state index contributed by atoms with van der Waals surface area (Å²) in [4.78, 5) is 43.0. The van der Waals surface area contributed by atoms with Gasteiger partial charge in [-0.05, 0) is 31.5 Å². The minimum Gasteiger partial charge on any atom is -0.465 e. The van der Waals surface area contributed by atoms with E-state index in [2.05, 4.69) is 4.99 Å². The van der Waals surface area contributed by atoms with Crippen molar-refractivity contribution in [3.63, 3.8) is 0 Å². The van der Waals surface area contributed by atoms with Gasteiger partial charge in [-0.25, -0.2) is 14.6 Å². The van der Waals surface area contributed by atoms with E-state index in [9.17, 15) is 14.4 Å². The molecular weight excluding hydrogens is 368 g/mol. The minimum absolute atomic E-state index is 0.0937. The Hall–Kier alpha value is -2.61. The molecule has 0 radical (unpaired) electrons. The Morgan fingerprint density at radius 3 is 2.59 bits per heavy atom. The van der Waals surface area contributed by atoms with Gasteiger partial charge >= 0.3 is 11.9 Å². The van der Waals surface area contributed by atoms with Crippen LogP contribution in [0.25, 0.3) is 0 Å². The SMILES string of the molecule is CCOC(=O)C1=C(C)N=C2SCCC(=O)N2[C@H]1c1ccc(C(=O)OC)cc1. The fourth-order valence-corrected chi connectivity index (χ4v) is 4.11. The Bertz CT molecular complexity index is 844. The fourth-order valence-electron chi connectivity index (χ4n) is 3.10. The molecule has 3 rings (SSSR count). The molecule has 0 N–H and O–H groups in total. The number of carbonyl (C=O) groups excluding carboxylic acids is 3. The lowest BCUT2D eigenvalue weighted by Crippen LogP contribution is -2.45. The largest absolute Gasteiger partial charge is 0.465 e. The van der Waals surface area contributed by atoms with Crippen LogP contribution in [0.15, 0.2) is 40.5 Å². The highest BCUT2D eigenvalue weighted by atomic mass is 32.2. The van der Waals surface area contributed by atoms with Gasteiger partial charge in [-0.15, -0.1) is 0 Å². The van der Waals surface area contributed by atoms with Crippen LogP contribution in [-0.4, -0.2) is 47.4 Å². The lowest BCUT2D eigenvalue weighted by molar-refractivity contribution is -0.139. The van der Waals surface area contributed by atoms with Gasteiger partial charge in [0.2, 0.25) is 5.91 Å². The third-order valence-corrected chi connectivity index (χ3v) is 5.30. The van der Waals surface area contributed by atoms with Crippen molar-refractivity contribution in [2.75, 3.05) is 19.5 Å². The Morgan fingerprint density at radius 1 is 1.26 bits per heavy atom. The molecule has 1 atom stereocenters. The number of hydrogen-bond acceptors (Lipinski definition) is 7. The molecule has 2 aliphatic rings. The Kier molecular flexibility index (Phi) is 5.65. The highest BCUT2D eigenvalue weighted by molar-refractivity contribution is 8.14. The third-order valence-electron chi connectivity index (χ3n) is 4.35. The van der Waals surface area contributed by atoms with Crippen LogP contribution in [0.2, 0.25) is 0 Å². The van der Waals surface area contributed by atoms with E-state index in [1.54, 1.807) is 43.0 Å². The lowest BCUT2D eigenvalue weighted by atomic mass is 9.93. The number of amides is 1. The number of allylic oxidation sites excluding steroid dienone is 1. The molecular formula is C19H20N2O5S. The molecule has 1 saturated heterocycles. The second kappa shape index (κ2) is 7.96. The number of rotatable bonds is 4. The van der Waals surface area contributed by atoms with Crippen LogP contribution >= 0.6 is 11.8 Å². The number of thioether (sulfide) groups is 1. The van der Waals surface area contributed by atoms with Gasteiger partial charge in [0.25, 0.3) is 0 Å². The molecule has 1 fully saturated rings. The van der Waals surface area contributed by atoms with Crippen molar-refractivity contribution in [1.29, 1.82) is 0 Å². The second-order valence-corrected chi connectivity index (χ2v) is 7.05. The summed E-state index contributed by atoms with van der Waals surface area (Å²) < 4.78 is 9.94. The van der Waals surface area contributed by atoms with E-state index in [1.807, 2.05) is 0 Å². The summed E-state index contributed by atoms with van der Waals surface area (Å²) in [5.74, 6) is -0.383. The fraction of sp³-hybridized carbons (Fsp3) is 0.368. The molecule has 0 bridgehead atoms. The predicted octanol–water partition coefficient (Wildman–Crippen LogP) is 2.69. The summed E-state index contributed by atoms with van der Waals surface area (Å²) in [6.45, 7) is 3.70. The molecule has 2 heterocycles. The van der Waals surface area contributed by atoms with Crippen molar-refractivity contribution in [2.45, 2.75) is 26.3 Å². The zero-order chi connectivity index (χ0) is 19.6. The van der Waals surface area contributed by atoms with E-state index in [-0.39, 0.29) is 12.5 Å². The van der Waals surface area contributed by atoms with Crippen molar-refractivity contribution < 1.29 is 23.9 Å². The van der Waals surface area contributed by atoms with Gasteiger partial charge in [0.05, 0.1) is 36.6 Å². The molecule has 142 valence electrons. The summed E-state index contributed by atoms with van der Waals surface area (Å²) >= 11 is 1.49. The van der Waals surface area contributed by atoms with Crippen LogP contribution in [-0.2, 0) is 19.1 Å². The van der Waals surface area contributed by atoms with Crippen molar-refractivity contribution in [3.05, 3.63) is 46.7 Å². The molecule has 7 nitrogen and oxygen atoms in total. The van der Waals surface area contributed by atoms with Gasteiger partial charge in [-0.3, -0.25) is 9.69 Å². The zero-order valence-corrected chi connectivity index (χ0v) is 16.2.